The standard InChI is InChI=1S/C15H16Cl2N2O4S2/c16-11-1-2-13(12(17)8-11)22-4-5-24-15-19-18-14(23-15)7-10-3-6-25(20,21)9-10/h1-2,8,10H,3-7,9H2. The van der Waals surface area contributed by atoms with Crippen LogP contribution in [0.3, 0.4) is 0 Å². The Hall–Kier alpha value is -0.960. The second-order valence-electron chi connectivity index (χ2n) is 5.71. The fourth-order valence-corrected chi connectivity index (χ4v) is 5.45. The van der Waals surface area contributed by atoms with Crippen LogP contribution in [0.2, 0.25) is 10.0 Å². The van der Waals surface area contributed by atoms with Crippen LogP contribution in [0.25, 0.3) is 0 Å². The number of hydrogen-bond donors (Lipinski definition) is 0. The van der Waals surface area contributed by atoms with Crippen molar-refractivity contribution in [2.24, 2.45) is 5.92 Å². The molecule has 0 amide bonds. The number of hydrogen-bond acceptors (Lipinski definition) is 7. The molecule has 0 saturated carbocycles. The van der Waals surface area contributed by atoms with Crippen LogP contribution in [0.4, 0.5) is 0 Å². The van der Waals surface area contributed by atoms with E-state index < -0.39 is 9.84 Å². The third kappa shape index (κ3) is 5.51. The molecular formula is C15H16Cl2N2O4S2. The van der Waals surface area contributed by atoms with Gasteiger partial charge >= 0.3 is 0 Å². The van der Waals surface area contributed by atoms with Crippen molar-refractivity contribution in [3.63, 3.8) is 0 Å². The van der Waals surface area contributed by atoms with Crippen LogP contribution in [-0.4, -0.2) is 42.5 Å². The van der Waals surface area contributed by atoms with Crippen molar-refractivity contribution in [1.82, 2.24) is 10.2 Å². The van der Waals surface area contributed by atoms with E-state index in [1.165, 1.54) is 11.8 Å². The van der Waals surface area contributed by atoms with Crippen LogP contribution in [0, 0.1) is 5.92 Å². The minimum absolute atomic E-state index is 0.0682. The van der Waals surface area contributed by atoms with Crippen LogP contribution < -0.4 is 4.74 Å². The van der Waals surface area contributed by atoms with E-state index in [9.17, 15) is 8.42 Å². The Morgan fingerprint density at radius 1 is 1.32 bits per heavy atom. The first-order valence-electron chi connectivity index (χ1n) is 7.65. The molecule has 0 radical (unpaired) electrons. The third-order valence-corrected chi connectivity index (χ3v) is 6.85. The first kappa shape index (κ1) is 18.8. The quantitative estimate of drug-likeness (QED) is 0.498. The summed E-state index contributed by atoms with van der Waals surface area (Å²) in [5.74, 6) is 2.18. The predicted octanol–water partition coefficient (Wildman–Crippen LogP) is 3.52. The zero-order valence-corrected chi connectivity index (χ0v) is 16.3. The molecule has 1 aliphatic rings. The first-order valence-corrected chi connectivity index (χ1v) is 11.2. The average Bonchev–Trinajstić information content (AvgIpc) is 3.12. The number of aromatic nitrogens is 2. The fraction of sp³-hybridized carbons (Fsp3) is 0.467. The molecule has 1 aromatic carbocycles. The molecule has 1 saturated heterocycles. The van der Waals surface area contributed by atoms with Crippen molar-refractivity contribution < 1.29 is 17.6 Å². The van der Waals surface area contributed by atoms with Crippen LogP contribution in [0.1, 0.15) is 12.3 Å². The Kier molecular flexibility index (Phi) is 6.14. The van der Waals surface area contributed by atoms with Gasteiger partial charge in [-0.15, -0.1) is 10.2 Å². The lowest BCUT2D eigenvalue weighted by molar-refractivity contribution is 0.342. The molecule has 6 nitrogen and oxygen atoms in total. The maximum Gasteiger partial charge on any atom is 0.276 e. The van der Waals surface area contributed by atoms with Gasteiger partial charge in [0.25, 0.3) is 5.22 Å². The zero-order valence-electron chi connectivity index (χ0n) is 13.2. The second-order valence-corrected chi connectivity index (χ2v) is 9.83. The Morgan fingerprint density at radius 3 is 2.88 bits per heavy atom. The van der Waals surface area contributed by atoms with Gasteiger partial charge in [-0.1, -0.05) is 35.0 Å². The highest BCUT2D eigenvalue weighted by atomic mass is 35.5. The average molecular weight is 423 g/mol. The maximum atomic E-state index is 11.5. The van der Waals surface area contributed by atoms with Crippen molar-refractivity contribution in [3.8, 4) is 5.75 Å². The Labute approximate surface area is 160 Å². The van der Waals surface area contributed by atoms with E-state index in [4.69, 9.17) is 32.4 Å². The smallest absolute Gasteiger partial charge is 0.276 e. The van der Waals surface area contributed by atoms with Crippen molar-refractivity contribution in [2.45, 2.75) is 18.1 Å². The summed E-state index contributed by atoms with van der Waals surface area (Å²) in [6.07, 6.45) is 1.16. The van der Waals surface area contributed by atoms with Crippen LogP contribution in [0.5, 0.6) is 5.75 Å². The Bertz CT molecular complexity index is 842. The van der Waals surface area contributed by atoms with Crippen molar-refractivity contribution in [2.75, 3.05) is 23.9 Å². The molecular weight excluding hydrogens is 407 g/mol. The van der Waals surface area contributed by atoms with Gasteiger partial charge in [-0.2, -0.15) is 0 Å². The van der Waals surface area contributed by atoms with Gasteiger partial charge in [0.1, 0.15) is 5.75 Å². The van der Waals surface area contributed by atoms with Crippen LogP contribution >= 0.6 is 35.0 Å². The molecule has 1 fully saturated rings. The van der Waals surface area contributed by atoms with E-state index in [-0.39, 0.29) is 17.4 Å². The second kappa shape index (κ2) is 8.16. The highest BCUT2D eigenvalue weighted by molar-refractivity contribution is 7.99. The molecule has 0 bridgehead atoms. The minimum Gasteiger partial charge on any atom is -0.491 e. The summed E-state index contributed by atoms with van der Waals surface area (Å²) >= 11 is 13.2. The van der Waals surface area contributed by atoms with Crippen molar-refractivity contribution >= 4 is 44.8 Å². The molecule has 136 valence electrons. The maximum absolute atomic E-state index is 11.5. The van der Waals surface area contributed by atoms with Gasteiger partial charge in [-0.25, -0.2) is 8.42 Å². The van der Waals surface area contributed by atoms with Gasteiger partial charge in [0, 0.05) is 17.2 Å². The van der Waals surface area contributed by atoms with E-state index in [1.54, 1.807) is 18.2 Å². The van der Waals surface area contributed by atoms with E-state index in [1.807, 2.05) is 0 Å². The number of benzene rings is 1. The molecule has 10 heteroatoms. The number of thioether (sulfide) groups is 1. The molecule has 1 aliphatic heterocycles. The van der Waals surface area contributed by atoms with E-state index in [0.29, 0.717) is 52.1 Å². The Balaban J connectivity index is 1.43. The lowest BCUT2D eigenvalue weighted by atomic mass is 10.1. The van der Waals surface area contributed by atoms with Crippen LogP contribution in [0.15, 0.2) is 27.8 Å². The largest absolute Gasteiger partial charge is 0.491 e. The topological polar surface area (TPSA) is 82.3 Å². The lowest BCUT2D eigenvalue weighted by Gasteiger charge is -2.07. The third-order valence-electron chi connectivity index (χ3n) is 3.70. The normalized spacial score (nSPS) is 19.2. The molecule has 25 heavy (non-hydrogen) atoms. The van der Waals surface area contributed by atoms with Gasteiger partial charge < -0.3 is 9.15 Å². The molecule has 2 aromatic rings. The summed E-state index contributed by atoms with van der Waals surface area (Å²) < 4.78 is 34.1. The summed E-state index contributed by atoms with van der Waals surface area (Å²) in [6.45, 7) is 0.421. The summed E-state index contributed by atoms with van der Waals surface area (Å²) in [7, 11) is -2.89. The summed E-state index contributed by atoms with van der Waals surface area (Å²) in [6, 6.07) is 5.05. The first-order chi connectivity index (χ1) is 11.9. The van der Waals surface area contributed by atoms with E-state index >= 15 is 0 Å². The van der Waals surface area contributed by atoms with Gasteiger partial charge in [0.15, 0.2) is 9.84 Å². The van der Waals surface area contributed by atoms with Crippen molar-refractivity contribution in [3.05, 3.63) is 34.1 Å². The summed E-state index contributed by atoms with van der Waals surface area (Å²) in [5.41, 5.74) is 0. The van der Waals surface area contributed by atoms with E-state index in [2.05, 4.69) is 10.2 Å². The molecule has 0 spiro atoms. The number of sulfone groups is 1. The molecule has 1 atom stereocenters. The fourth-order valence-electron chi connectivity index (χ4n) is 2.53. The molecule has 3 rings (SSSR count). The van der Waals surface area contributed by atoms with Crippen molar-refractivity contribution in [1.29, 1.82) is 0 Å². The highest BCUT2D eigenvalue weighted by Gasteiger charge is 2.29. The zero-order chi connectivity index (χ0) is 17.9. The van der Waals surface area contributed by atoms with Gasteiger partial charge in [-0.05, 0) is 30.5 Å². The summed E-state index contributed by atoms with van der Waals surface area (Å²) in [5, 5.41) is 9.41. The van der Waals surface area contributed by atoms with Gasteiger partial charge in [0.05, 0.1) is 23.1 Å². The number of nitrogens with zero attached hydrogens (tertiary/aromatic N) is 2. The Morgan fingerprint density at radius 2 is 2.16 bits per heavy atom. The number of rotatable bonds is 7. The molecule has 2 heterocycles. The lowest BCUT2D eigenvalue weighted by Crippen LogP contribution is -2.07. The number of ether oxygens (including phenoxy) is 1. The highest BCUT2D eigenvalue weighted by Crippen LogP contribution is 2.28. The molecule has 1 aromatic heterocycles. The molecule has 0 aliphatic carbocycles. The van der Waals surface area contributed by atoms with Gasteiger partial charge in [0.2, 0.25) is 5.89 Å². The molecule has 1 unspecified atom stereocenters. The number of halogens is 2. The minimum atomic E-state index is -2.89. The monoisotopic (exact) mass is 422 g/mol. The van der Waals surface area contributed by atoms with E-state index in [0.717, 1.165) is 0 Å². The van der Waals surface area contributed by atoms with Crippen LogP contribution in [-0.2, 0) is 16.3 Å². The van der Waals surface area contributed by atoms with Gasteiger partial charge in [-0.3, -0.25) is 0 Å². The molecule has 0 N–H and O–H groups in total. The predicted molar refractivity (Wildman–Crippen MR) is 97.4 cm³/mol. The SMILES string of the molecule is O=S1(=O)CCC(Cc2nnc(SCCOc3ccc(Cl)cc3Cl)o2)C1. The summed E-state index contributed by atoms with van der Waals surface area (Å²) in [4.78, 5) is 0.